The van der Waals surface area contributed by atoms with Crippen LogP contribution in [0.4, 0.5) is 14.9 Å². The van der Waals surface area contributed by atoms with Crippen LogP contribution in [0.1, 0.15) is 17.0 Å². The van der Waals surface area contributed by atoms with Crippen molar-refractivity contribution in [1.29, 1.82) is 5.26 Å². The van der Waals surface area contributed by atoms with Crippen molar-refractivity contribution >= 4 is 40.2 Å². The summed E-state index contributed by atoms with van der Waals surface area (Å²) in [5.74, 6) is -2.49. The number of aromatic nitrogens is 1. The van der Waals surface area contributed by atoms with Crippen LogP contribution in [-0.4, -0.2) is 43.4 Å². The van der Waals surface area contributed by atoms with E-state index in [1.165, 1.54) is 30.1 Å². The number of Topliss-reactive ketones (excluding diaryl/α,β-unsaturated/α-hetero) is 1. The molecular weight excluding hydrogens is 495 g/mol. The zero-order valence-electron chi connectivity index (χ0n) is 20.1. The largest absolute Gasteiger partial charge is 0.490 e. The Morgan fingerprint density at radius 1 is 1.22 bits per heavy atom. The van der Waals surface area contributed by atoms with Crippen molar-refractivity contribution in [3.05, 3.63) is 83.5 Å². The van der Waals surface area contributed by atoms with E-state index >= 15 is 4.39 Å². The van der Waals surface area contributed by atoms with Crippen molar-refractivity contribution in [1.82, 2.24) is 10.3 Å². The molecule has 4 rings (SSSR count). The number of carbonyl (C=O) groups excluding carboxylic acids is 2. The Bertz CT molecular complexity index is 1460. The predicted molar refractivity (Wildman–Crippen MR) is 139 cm³/mol. The molecule has 2 amide bonds. The molecule has 188 valence electrons. The molecule has 0 saturated heterocycles. The topological polar surface area (TPSA) is 113 Å². The average Bonchev–Trinajstić information content (AvgIpc) is 2.91. The number of pyridine rings is 1. The summed E-state index contributed by atoms with van der Waals surface area (Å²) < 4.78 is 25.7. The molecule has 0 aliphatic heterocycles. The van der Waals surface area contributed by atoms with E-state index in [4.69, 9.17) is 9.47 Å². The number of hydrogen-bond acceptors (Lipinski definition) is 7. The van der Waals surface area contributed by atoms with Crippen LogP contribution in [0.5, 0.6) is 5.75 Å². The van der Waals surface area contributed by atoms with Crippen LogP contribution in [0.2, 0.25) is 0 Å². The van der Waals surface area contributed by atoms with Gasteiger partial charge in [-0.25, -0.2) is 9.18 Å². The molecule has 37 heavy (non-hydrogen) atoms. The molecule has 8 nitrogen and oxygen atoms in total. The number of amides is 2. The Hall–Kier alpha value is -4.20. The number of anilines is 1. The van der Waals surface area contributed by atoms with Crippen LogP contribution in [0, 0.1) is 11.3 Å². The van der Waals surface area contributed by atoms with Gasteiger partial charge in [-0.3, -0.25) is 9.78 Å². The lowest BCUT2D eigenvalue weighted by atomic mass is 9.87. The molecule has 1 unspecified atom stereocenters. The highest BCUT2D eigenvalue weighted by molar-refractivity contribution is 7.98. The summed E-state index contributed by atoms with van der Waals surface area (Å²) in [6.45, 7) is 0.602. The number of allylic oxidation sites excluding steroid dienone is 3. The molecule has 2 aromatic carbocycles. The number of hydrogen-bond donors (Lipinski definition) is 2. The lowest BCUT2D eigenvalue weighted by Crippen LogP contribution is -2.31. The highest BCUT2D eigenvalue weighted by Crippen LogP contribution is 2.35. The number of urea groups is 1. The molecule has 2 N–H and O–H groups in total. The van der Waals surface area contributed by atoms with Crippen LogP contribution < -0.4 is 15.4 Å². The Morgan fingerprint density at radius 3 is 2.81 bits per heavy atom. The van der Waals surface area contributed by atoms with Gasteiger partial charge in [-0.1, -0.05) is 12.1 Å². The average molecular weight is 519 g/mol. The molecule has 3 aromatic rings. The van der Waals surface area contributed by atoms with Gasteiger partial charge in [-0.15, -0.1) is 11.8 Å². The number of fused-ring (bicyclic) bond motifs is 1. The summed E-state index contributed by atoms with van der Waals surface area (Å²) in [4.78, 5) is 30.7. The number of nitrogens with one attached hydrogen (secondary N) is 2. The number of ether oxygens (including phenoxy) is 2. The number of rotatable bonds is 8. The number of halogens is 1. The van der Waals surface area contributed by atoms with Crippen molar-refractivity contribution in [2.75, 3.05) is 31.9 Å². The molecule has 1 aromatic heterocycles. The Labute approximate surface area is 217 Å². The summed E-state index contributed by atoms with van der Waals surface area (Å²) in [7, 11) is 1.54. The van der Waals surface area contributed by atoms with E-state index in [0.717, 1.165) is 4.90 Å². The van der Waals surface area contributed by atoms with Crippen LogP contribution in [-0.2, 0) is 9.53 Å². The van der Waals surface area contributed by atoms with Crippen molar-refractivity contribution in [3.8, 4) is 11.8 Å². The highest BCUT2D eigenvalue weighted by Gasteiger charge is 2.30. The third kappa shape index (κ3) is 5.80. The van der Waals surface area contributed by atoms with E-state index in [9.17, 15) is 14.9 Å². The Balaban J connectivity index is 1.56. The molecule has 1 aliphatic carbocycles. The van der Waals surface area contributed by atoms with E-state index in [1.807, 2.05) is 12.3 Å². The van der Waals surface area contributed by atoms with E-state index < -0.39 is 23.6 Å². The lowest BCUT2D eigenvalue weighted by molar-refractivity contribution is -0.117. The fourth-order valence-corrected chi connectivity index (χ4v) is 4.32. The first-order valence-corrected chi connectivity index (χ1v) is 12.5. The van der Waals surface area contributed by atoms with Crippen molar-refractivity contribution in [3.63, 3.8) is 0 Å². The van der Waals surface area contributed by atoms with Crippen LogP contribution in [0.3, 0.4) is 0 Å². The number of thioether (sulfide) groups is 1. The molecule has 0 fully saturated rings. The molecule has 0 spiro atoms. The first-order valence-electron chi connectivity index (χ1n) is 11.2. The first-order chi connectivity index (χ1) is 17.9. The van der Waals surface area contributed by atoms with Gasteiger partial charge in [0, 0.05) is 35.3 Å². The maximum absolute atomic E-state index is 15.1. The summed E-state index contributed by atoms with van der Waals surface area (Å²) in [5.41, 5.74) is 1.54. The van der Waals surface area contributed by atoms with E-state index in [2.05, 4.69) is 21.7 Å². The van der Waals surface area contributed by atoms with E-state index in [-0.39, 0.29) is 17.9 Å². The SMILES string of the molecule is COCCOc1cc2nccc(C3C=CC(NC(=O)Nc4cccc(SC)c4)=C(F)C3=O)c2cc1C#N. The van der Waals surface area contributed by atoms with Gasteiger partial charge in [0.1, 0.15) is 18.4 Å². The first kappa shape index (κ1) is 25.9. The normalized spacial score (nSPS) is 15.0. The van der Waals surface area contributed by atoms with E-state index in [1.54, 1.807) is 43.5 Å². The molecule has 1 aliphatic rings. The molecule has 1 atom stereocenters. The van der Waals surface area contributed by atoms with E-state index in [0.29, 0.717) is 34.5 Å². The molecule has 1 heterocycles. The van der Waals surface area contributed by atoms with Crippen molar-refractivity contribution < 1.29 is 23.5 Å². The van der Waals surface area contributed by atoms with Crippen LogP contribution in [0.25, 0.3) is 10.9 Å². The lowest BCUT2D eigenvalue weighted by Gasteiger charge is -2.20. The van der Waals surface area contributed by atoms with Crippen LogP contribution in [0.15, 0.2) is 77.2 Å². The van der Waals surface area contributed by atoms with Gasteiger partial charge in [0.15, 0.2) is 5.83 Å². The number of nitriles is 1. The Kier molecular flexibility index (Phi) is 8.18. The fraction of sp³-hybridized carbons (Fsp3) is 0.185. The van der Waals surface area contributed by atoms with Gasteiger partial charge >= 0.3 is 6.03 Å². The standard InChI is InChI=1S/C27H23FN4O4S/c1-35-10-11-36-24-14-23-21(12-16(24)15-29)19(8-9-30-23)20-6-7-22(25(28)26(20)33)32-27(34)31-17-4-3-5-18(13-17)37-2/h3-9,12-14,20H,10-11H2,1-2H3,(H2,31,32,34). The summed E-state index contributed by atoms with van der Waals surface area (Å²) in [6, 6.07) is 13.4. The second-order valence-electron chi connectivity index (χ2n) is 7.96. The van der Waals surface area contributed by atoms with Crippen LogP contribution >= 0.6 is 11.8 Å². The second-order valence-corrected chi connectivity index (χ2v) is 8.84. The third-order valence-electron chi connectivity index (χ3n) is 5.64. The molecular formula is C27H23FN4O4S. The number of methoxy groups -OCH3 is 1. The summed E-state index contributed by atoms with van der Waals surface area (Å²) in [5, 5.41) is 15.2. The minimum atomic E-state index is -1.06. The number of benzene rings is 2. The summed E-state index contributed by atoms with van der Waals surface area (Å²) >= 11 is 1.52. The minimum Gasteiger partial charge on any atom is -0.490 e. The maximum atomic E-state index is 15.1. The van der Waals surface area contributed by atoms with Gasteiger partial charge in [-0.05, 0) is 48.2 Å². The minimum absolute atomic E-state index is 0.232. The molecule has 0 saturated carbocycles. The summed E-state index contributed by atoms with van der Waals surface area (Å²) in [6.07, 6.45) is 6.30. The van der Waals surface area contributed by atoms with Gasteiger partial charge in [0.05, 0.1) is 29.3 Å². The van der Waals surface area contributed by atoms with Gasteiger partial charge < -0.3 is 20.1 Å². The molecule has 0 radical (unpaired) electrons. The third-order valence-corrected chi connectivity index (χ3v) is 6.37. The zero-order valence-corrected chi connectivity index (χ0v) is 20.9. The number of nitrogens with zero attached hydrogens (tertiary/aromatic N) is 2. The van der Waals surface area contributed by atoms with Gasteiger partial charge in [0.2, 0.25) is 5.78 Å². The zero-order chi connectivity index (χ0) is 26.4. The maximum Gasteiger partial charge on any atom is 0.323 e. The fourth-order valence-electron chi connectivity index (χ4n) is 3.86. The molecule has 0 bridgehead atoms. The molecule has 10 heteroatoms. The number of carbonyl (C=O) groups is 2. The second kappa shape index (κ2) is 11.7. The quantitative estimate of drug-likeness (QED) is 0.316. The van der Waals surface area contributed by atoms with Gasteiger partial charge in [-0.2, -0.15) is 5.26 Å². The van der Waals surface area contributed by atoms with Crippen molar-refractivity contribution in [2.24, 2.45) is 0 Å². The highest BCUT2D eigenvalue weighted by atomic mass is 32.2. The van der Waals surface area contributed by atoms with Crippen molar-refractivity contribution in [2.45, 2.75) is 10.8 Å². The Morgan fingerprint density at radius 2 is 2.05 bits per heavy atom. The number of ketones is 1. The predicted octanol–water partition coefficient (Wildman–Crippen LogP) is 5.08. The smallest absolute Gasteiger partial charge is 0.323 e. The monoisotopic (exact) mass is 518 g/mol. The van der Waals surface area contributed by atoms with Gasteiger partial charge in [0.25, 0.3) is 0 Å².